The molecular weight excluding hydrogens is 340 g/mol. The molecule has 1 aromatic heterocycles. The van der Waals surface area contributed by atoms with Gasteiger partial charge in [0.15, 0.2) is 0 Å². The van der Waals surface area contributed by atoms with Crippen LogP contribution in [0.25, 0.3) is 0 Å². The van der Waals surface area contributed by atoms with Gasteiger partial charge < -0.3 is 14.7 Å². The first kappa shape index (κ1) is 19.4. The van der Waals surface area contributed by atoms with E-state index in [-0.39, 0.29) is 17.9 Å². The van der Waals surface area contributed by atoms with Gasteiger partial charge in [0.1, 0.15) is 5.75 Å². The zero-order chi connectivity index (χ0) is 19.1. The first-order chi connectivity index (χ1) is 13.2. The van der Waals surface area contributed by atoms with Gasteiger partial charge in [-0.25, -0.2) is 0 Å². The number of hydrogen-bond acceptors (Lipinski definition) is 4. The molecule has 2 atom stereocenters. The van der Waals surface area contributed by atoms with Gasteiger partial charge >= 0.3 is 0 Å². The molecule has 1 fully saturated rings. The van der Waals surface area contributed by atoms with E-state index >= 15 is 0 Å². The Morgan fingerprint density at radius 3 is 2.70 bits per heavy atom. The maximum atomic E-state index is 13.1. The molecule has 144 valence electrons. The molecule has 0 spiro atoms. The molecule has 5 nitrogen and oxygen atoms in total. The van der Waals surface area contributed by atoms with Gasteiger partial charge in [-0.2, -0.15) is 0 Å². The first-order valence-electron chi connectivity index (χ1n) is 9.65. The van der Waals surface area contributed by atoms with Crippen LogP contribution >= 0.6 is 0 Å². The zero-order valence-corrected chi connectivity index (χ0v) is 15.9. The lowest BCUT2D eigenvalue weighted by atomic mass is 9.86. The standard InChI is InChI=1S/C22H28N2O3/c1-27-21-10-8-17(9-11-21)12-14-24(16-19-6-2-3-13-23-19)22(26)18-5-4-7-20(25)15-18/h2-3,6,8-11,13,18,20,25H,4-5,7,12,14-16H2,1H3/t18-,20-/m0/s1. The summed E-state index contributed by atoms with van der Waals surface area (Å²) < 4.78 is 5.20. The summed E-state index contributed by atoms with van der Waals surface area (Å²) >= 11 is 0. The number of carbonyl (C=O) groups excluding carboxylic acids is 1. The zero-order valence-electron chi connectivity index (χ0n) is 15.9. The summed E-state index contributed by atoms with van der Waals surface area (Å²) in [6, 6.07) is 13.7. The molecule has 1 aromatic carbocycles. The van der Waals surface area contributed by atoms with E-state index in [1.54, 1.807) is 13.3 Å². The maximum Gasteiger partial charge on any atom is 0.226 e. The molecule has 0 saturated heterocycles. The second kappa shape index (κ2) is 9.51. The van der Waals surface area contributed by atoms with Gasteiger partial charge in [-0.3, -0.25) is 9.78 Å². The van der Waals surface area contributed by atoms with Crippen molar-refractivity contribution < 1.29 is 14.6 Å². The molecule has 1 saturated carbocycles. The number of rotatable bonds is 7. The molecule has 27 heavy (non-hydrogen) atoms. The number of aromatic nitrogens is 1. The van der Waals surface area contributed by atoms with Gasteiger partial charge in [0, 0.05) is 18.7 Å². The minimum absolute atomic E-state index is 0.0895. The summed E-state index contributed by atoms with van der Waals surface area (Å²) in [5, 5.41) is 9.96. The van der Waals surface area contributed by atoms with Crippen molar-refractivity contribution in [2.75, 3.05) is 13.7 Å². The van der Waals surface area contributed by atoms with Crippen LogP contribution in [-0.4, -0.2) is 40.7 Å². The maximum absolute atomic E-state index is 13.1. The van der Waals surface area contributed by atoms with Gasteiger partial charge in [0.2, 0.25) is 5.91 Å². The second-order valence-electron chi connectivity index (χ2n) is 7.20. The van der Waals surface area contributed by atoms with Crippen LogP contribution in [0.5, 0.6) is 5.75 Å². The normalized spacial score (nSPS) is 19.5. The van der Waals surface area contributed by atoms with Crippen molar-refractivity contribution in [1.29, 1.82) is 0 Å². The van der Waals surface area contributed by atoms with E-state index in [2.05, 4.69) is 4.98 Å². The number of carbonyl (C=O) groups is 1. The summed E-state index contributed by atoms with van der Waals surface area (Å²) in [6.07, 6.45) is 5.32. The molecule has 1 amide bonds. The molecule has 5 heteroatoms. The van der Waals surface area contributed by atoms with Crippen LogP contribution in [0.2, 0.25) is 0 Å². The molecule has 1 heterocycles. The SMILES string of the molecule is COc1ccc(CCN(Cc2ccccn2)C(=O)[C@H]2CCC[C@H](O)C2)cc1. The number of aliphatic hydroxyl groups is 1. The Kier molecular flexibility index (Phi) is 6.82. The summed E-state index contributed by atoms with van der Waals surface area (Å²) in [5.41, 5.74) is 2.05. The number of hydrogen-bond donors (Lipinski definition) is 1. The van der Waals surface area contributed by atoms with Crippen LogP contribution in [0.1, 0.15) is 36.9 Å². The van der Waals surface area contributed by atoms with Crippen molar-refractivity contribution in [2.24, 2.45) is 5.92 Å². The molecule has 0 bridgehead atoms. The number of amides is 1. The summed E-state index contributed by atoms with van der Waals surface area (Å²) in [7, 11) is 1.65. The van der Waals surface area contributed by atoms with E-state index in [4.69, 9.17) is 4.74 Å². The van der Waals surface area contributed by atoms with Crippen molar-refractivity contribution in [1.82, 2.24) is 9.88 Å². The van der Waals surface area contributed by atoms with E-state index in [1.807, 2.05) is 47.4 Å². The van der Waals surface area contributed by atoms with Gasteiger partial charge in [0.25, 0.3) is 0 Å². The highest BCUT2D eigenvalue weighted by Gasteiger charge is 2.29. The molecule has 0 unspecified atom stereocenters. The fourth-order valence-corrected chi connectivity index (χ4v) is 3.66. The van der Waals surface area contributed by atoms with Gasteiger partial charge in [0.05, 0.1) is 25.5 Å². The number of nitrogens with zero attached hydrogens (tertiary/aromatic N) is 2. The highest BCUT2D eigenvalue weighted by Crippen LogP contribution is 2.26. The number of ether oxygens (including phenoxy) is 1. The predicted octanol–water partition coefficient (Wildman–Crippen LogP) is 3.21. The topological polar surface area (TPSA) is 62.7 Å². The highest BCUT2D eigenvalue weighted by molar-refractivity contribution is 5.79. The van der Waals surface area contributed by atoms with Crippen LogP contribution < -0.4 is 4.74 Å². The smallest absolute Gasteiger partial charge is 0.226 e. The van der Waals surface area contributed by atoms with Crippen LogP contribution in [0.4, 0.5) is 0 Å². The van der Waals surface area contributed by atoms with Crippen LogP contribution in [0.15, 0.2) is 48.7 Å². The lowest BCUT2D eigenvalue weighted by molar-refractivity contribution is -0.138. The molecule has 0 aliphatic heterocycles. The lowest BCUT2D eigenvalue weighted by Crippen LogP contribution is -2.40. The second-order valence-corrected chi connectivity index (χ2v) is 7.20. The van der Waals surface area contributed by atoms with Crippen molar-refractivity contribution in [2.45, 2.75) is 44.8 Å². The van der Waals surface area contributed by atoms with Crippen LogP contribution in [0, 0.1) is 5.92 Å². The molecule has 1 aliphatic rings. The summed E-state index contributed by atoms with van der Waals surface area (Å²) in [6.45, 7) is 1.14. The minimum atomic E-state index is -0.356. The Bertz CT molecular complexity index is 718. The van der Waals surface area contributed by atoms with Crippen molar-refractivity contribution in [3.05, 3.63) is 59.9 Å². The van der Waals surface area contributed by atoms with E-state index in [1.165, 1.54) is 5.56 Å². The number of aliphatic hydroxyl groups excluding tert-OH is 1. The van der Waals surface area contributed by atoms with Crippen molar-refractivity contribution in [3.8, 4) is 5.75 Å². The third-order valence-corrected chi connectivity index (χ3v) is 5.22. The Morgan fingerprint density at radius 1 is 1.22 bits per heavy atom. The predicted molar refractivity (Wildman–Crippen MR) is 104 cm³/mol. The molecular formula is C22H28N2O3. The van der Waals surface area contributed by atoms with E-state index in [0.717, 1.165) is 37.1 Å². The fourth-order valence-electron chi connectivity index (χ4n) is 3.66. The minimum Gasteiger partial charge on any atom is -0.497 e. The average molecular weight is 368 g/mol. The van der Waals surface area contributed by atoms with Crippen molar-refractivity contribution in [3.63, 3.8) is 0 Å². The van der Waals surface area contributed by atoms with E-state index < -0.39 is 0 Å². The Morgan fingerprint density at radius 2 is 2.04 bits per heavy atom. The molecule has 1 aliphatic carbocycles. The highest BCUT2D eigenvalue weighted by atomic mass is 16.5. The molecule has 1 N–H and O–H groups in total. The monoisotopic (exact) mass is 368 g/mol. The van der Waals surface area contributed by atoms with Crippen molar-refractivity contribution >= 4 is 5.91 Å². The third kappa shape index (κ3) is 5.54. The first-order valence-corrected chi connectivity index (χ1v) is 9.65. The van der Waals surface area contributed by atoms with E-state index in [0.29, 0.717) is 19.5 Å². The Labute approximate surface area is 161 Å². The molecule has 2 aromatic rings. The quantitative estimate of drug-likeness (QED) is 0.815. The van der Waals surface area contributed by atoms with Crippen LogP contribution in [0.3, 0.4) is 0 Å². The summed E-state index contributed by atoms with van der Waals surface area (Å²) in [5.74, 6) is 0.873. The fraction of sp³-hybridized carbons (Fsp3) is 0.455. The Hall–Kier alpha value is -2.40. The van der Waals surface area contributed by atoms with Gasteiger partial charge in [-0.05, 0) is 55.5 Å². The van der Waals surface area contributed by atoms with Gasteiger partial charge in [-0.15, -0.1) is 0 Å². The third-order valence-electron chi connectivity index (χ3n) is 5.22. The summed E-state index contributed by atoms with van der Waals surface area (Å²) in [4.78, 5) is 19.4. The van der Waals surface area contributed by atoms with Crippen LogP contribution in [-0.2, 0) is 17.8 Å². The molecule has 0 radical (unpaired) electrons. The van der Waals surface area contributed by atoms with E-state index in [9.17, 15) is 9.90 Å². The van der Waals surface area contributed by atoms with Gasteiger partial charge in [-0.1, -0.05) is 24.6 Å². The number of pyridine rings is 1. The average Bonchev–Trinajstić information content (AvgIpc) is 2.71. The largest absolute Gasteiger partial charge is 0.497 e. The Balaban J connectivity index is 1.69. The number of methoxy groups -OCH3 is 1. The molecule has 3 rings (SSSR count). The lowest BCUT2D eigenvalue weighted by Gasteiger charge is -2.31. The number of benzene rings is 1.